The third kappa shape index (κ3) is 8.50. The summed E-state index contributed by atoms with van der Waals surface area (Å²) in [6, 6.07) is 2.06. The van der Waals surface area contributed by atoms with E-state index < -0.39 is 11.9 Å². The SMILES string of the molecule is CCOc1cc(N2CCCNCC2)cnc1Br.O=C(O)/C=C/C(=O)O. The molecular weight excluding hydrogens is 394 g/mol. The van der Waals surface area contributed by atoms with Crippen molar-refractivity contribution in [2.45, 2.75) is 13.3 Å². The first-order valence-electron chi connectivity index (χ1n) is 7.82. The monoisotopic (exact) mass is 415 g/mol. The molecule has 2 rings (SSSR count). The summed E-state index contributed by atoms with van der Waals surface area (Å²) in [7, 11) is 0. The van der Waals surface area contributed by atoms with Gasteiger partial charge in [-0.3, -0.25) is 0 Å². The van der Waals surface area contributed by atoms with Crippen LogP contribution in [0.1, 0.15) is 13.3 Å². The summed E-state index contributed by atoms with van der Waals surface area (Å²) in [4.78, 5) is 25.8. The fourth-order valence-electron chi connectivity index (χ4n) is 2.09. The van der Waals surface area contributed by atoms with Crippen LogP contribution in [0.3, 0.4) is 0 Å². The van der Waals surface area contributed by atoms with Gasteiger partial charge in [-0.2, -0.15) is 0 Å². The van der Waals surface area contributed by atoms with Gasteiger partial charge in [0.2, 0.25) is 0 Å². The molecule has 0 aliphatic carbocycles. The standard InChI is InChI=1S/C12H18BrN3O.C4H4O4/c1-2-17-11-8-10(9-15-12(11)13)16-6-3-4-14-5-7-16;5-3(6)1-2-4(7)8/h8-9,14H,2-7H2,1H3;1-2H,(H,5,6)(H,7,8)/b;2-1+. The lowest BCUT2D eigenvalue weighted by atomic mass is 10.3. The molecule has 1 fully saturated rings. The maximum absolute atomic E-state index is 9.55. The van der Waals surface area contributed by atoms with Crippen LogP contribution < -0.4 is 15.0 Å². The van der Waals surface area contributed by atoms with Crippen LogP contribution in [0.15, 0.2) is 29.0 Å². The van der Waals surface area contributed by atoms with Crippen LogP contribution in [0.25, 0.3) is 0 Å². The van der Waals surface area contributed by atoms with Crippen LogP contribution in [-0.2, 0) is 9.59 Å². The van der Waals surface area contributed by atoms with Crippen molar-refractivity contribution >= 4 is 33.6 Å². The second-order valence-electron chi connectivity index (χ2n) is 5.02. The van der Waals surface area contributed by atoms with Crippen LogP contribution >= 0.6 is 15.9 Å². The number of aliphatic carboxylic acids is 2. The van der Waals surface area contributed by atoms with E-state index in [0.717, 1.165) is 42.2 Å². The van der Waals surface area contributed by atoms with Crippen molar-refractivity contribution in [2.24, 2.45) is 0 Å². The minimum atomic E-state index is -1.26. The van der Waals surface area contributed by atoms with Crippen molar-refractivity contribution in [3.05, 3.63) is 29.0 Å². The zero-order valence-corrected chi connectivity index (χ0v) is 15.5. The molecule has 3 N–H and O–H groups in total. The van der Waals surface area contributed by atoms with Crippen molar-refractivity contribution in [1.82, 2.24) is 10.3 Å². The number of hydrogen-bond acceptors (Lipinski definition) is 6. The minimum Gasteiger partial charge on any atom is -0.491 e. The Morgan fingerprint density at radius 1 is 1.32 bits per heavy atom. The fraction of sp³-hybridized carbons (Fsp3) is 0.438. The Morgan fingerprint density at radius 3 is 2.60 bits per heavy atom. The number of carbonyl (C=O) groups is 2. The van der Waals surface area contributed by atoms with E-state index in [9.17, 15) is 9.59 Å². The third-order valence-corrected chi connectivity index (χ3v) is 3.76. The molecule has 0 unspecified atom stereocenters. The zero-order valence-electron chi connectivity index (χ0n) is 13.9. The smallest absolute Gasteiger partial charge is 0.328 e. The Labute approximate surface area is 154 Å². The average molecular weight is 416 g/mol. The number of carboxylic acid groups (broad SMARTS) is 2. The van der Waals surface area contributed by atoms with E-state index in [-0.39, 0.29) is 0 Å². The Hall–Kier alpha value is -2.13. The zero-order chi connectivity index (χ0) is 18.7. The van der Waals surface area contributed by atoms with Gasteiger partial charge >= 0.3 is 11.9 Å². The van der Waals surface area contributed by atoms with Crippen LogP contribution in [0.4, 0.5) is 5.69 Å². The van der Waals surface area contributed by atoms with Gasteiger partial charge in [-0.15, -0.1) is 0 Å². The molecule has 1 aromatic rings. The van der Waals surface area contributed by atoms with Crippen LogP contribution in [0, 0.1) is 0 Å². The summed E-state index contributed by atoms with van der Waals surface area (Å²) in [5.74, 6) is -1.69. The molecule has 1 aliphatic rings. The molecule has 0 atom stereocenters. The first kappa shape index (κ1) is 20.9. The fourth-order valence-corrected chi connectivity index (χ4v) is 2.43. The molecular formula is C16H22BrN3O5. The Balaban J connectivity index is 0.000000333. The van der Waals surface area contributed by atoms with Gasteiger partial charge < -0.3 is 25.2 Å². The molecule has 25 heavy (non-hydrogen) atoms. The van der Waals surface area contributed by atoms with Gasteiger partial charge in [-0.05, 0) is 35.8 Å². The second kappa shape index (κ2) is 11.4. The topological polar surface area (TPSA) is 112 Å². The number of aromatic nitrogens is 1. The summed E-state index contributed by atoms with van der Waals surface area (Å²) < 4.78 is 6.32. The van der Waals surface area contributed by atoms with Crippen LogP contribution in [0.2, 0.25) is 0 Å². The predicted molar refractivity (Wildman–Crippen MR) is 97.2 cm³/mol. The maximum Gasteiger partial charge on any atom is 0.328 e. The van der Waals surface area contributed by atoms with Gasteiger partial charge in [0.1, 0.15) is 4.60 Å². The lowest BCUT2D eigenvalue weighted by molar-refractivity contribution is -0.134. The first-order valence-corrected chi connectivity index (χ1v) is 8.61. The minimum absolute atomic E-state index is 0.558. The molecule has 1 aliphatic heterocycles. The summed E-state index contributed by atoms with van der Waals surface area (Å²) >= 11 is 3.40. The lowest BCUT2D eigenvalue weighted by Crippen LogP contribution is -2.27. The van der Waals surface area contributed by atoms with Crippen molar-refractivity contribution in [1.29, 1.82) is 0 Å². The number of halogens is 1. The molecule has 138 valence electrons. The van der Waals surface area contributed by atoms with E-state index in [4.69, 9.17) is 14.9 Å². The van der Waals surface area contributed by atoms with E-state index in [1.54, 1.807) is 0 Å². The van der Waals surface area contributed by atoms with Crippen molar-refractivity contribution in [3.8, 4) is 5.75 Å². The van der Waals surface area contributed by atoms with Crippen LogP contribution in [-0.4, -0.2) is 59.9 Å². The highest BCUT2D eigenvalue weighted by Crippen LogP contribution is 2.27. The number of hydrogen-bond donors (Lipinski definition) is 3. The van der Waals surface area contributed by atoms with Crippen LogP contribution in [0.5, 0.6) is 5.75 Å². The van der Waals surface area contributed by atoms with Gasteiger partial charge in [-0.25, -0.2) is 14.6 Å². The molecule has 0 saturated carbocycles. The number of nitrogens with zero attached hydrogens (tertiary/aromatic N) is 2. The summed E-state index contributed by atoms with van der Waals surface area (Å²) in [5, 5.41) is 19.0. The number of pyridine rings is 1. The van der Waals surface area contributed by atoms with Crippen molar-refractivity contribution in [3.63, 3.8) is 0 Å². The number of anilines is 1. The molecule has 0 amide bonds. The van der Waals surface area contributed by atoms with Gasteiger partial charge in [-0.1, -0.05) is 0 Å². The highest BCUT2D eigenvalue weighted by Gasteiger charge is 2.12. The quantitative estimate of drug-likeness (QED) is 0.492. The van der Waals surface area contributed by atoms with E-state index >= 15 is 0 Å². The number of nitrogens with one attached hydrogen (secondary N) is 1. The molecule has 0 bridgehead atoms. The largest absolute Gasteiger partial charge is 0.491 e. The lowest BCUT2D eigenvalue weighted by Gasteiger charge is -2.22. The summed E-state index contributed by atoms with van der Waals surface area (Å²) in [5.41, 5.74) is 1.14. The average Bonchev–Trinajstić information content (AvgIpc) is 2.85. The maximum atomic E-state index is 9.55. The Morgan fingerprint density at radius 2 is 2.00 bits per heavy atom. The van der Waals surface area contributed by atoms with Gasteiger partial charge in [0.05, 0.1) is 18.5 Å². The second-order valence-corrected chi connectivity index (χ2v) is 5.77. The van der Waals surface area contributed by atoms with Crippen molar-refractivity contribution < 1.29 is 24.5 Å². The van der Waals surface area contributed by atoms with E-state index in [1.165, 1.54) is 6.42 Å². The van der Waals surface area contributed by atoms with Gasteiger partial charge in [0.25, 0.3) is 0 Å². The molecule has 0 aromatic carbocycles. The summed E-state index contributed by atoms with van der Waals surface area (Å²) in [6.07, 6.45) is 4.18. The normalized spacial score (nSPS) is 14.4. The number of rotatable bonds is 5. The molecule has 9 heteroatoms. The Kier molecular flexibility index (Phi) is 9.56. The molecule has 1 saturated heterocycles. The van der Waals surface area contributed by atoms with E-state index in [2.05, 4.69) is 37.2 Å². The van der Waals surface area contributed by atoms with Crippen molar-refractivity contribution in [2.75, 3.05) is 37.7 Å². The number of carboxylic acids is 2. The molecule has 8 nitrogen and oxygen atoms in total. The molecule has 0 spiro atoms. The molecule has 0 radical (unpaired) electrons. The number of ether oxygens (including phenoxy) is 1. The van der Waals surface area contributed by atoms with Gasteiger partial charge in [0, 0.05) is 37.9 Å². The van der Waals surface area contributed by atoms with E-state index in [1.807, 2.05) is 13.1 Å². The van der Waals surface area contributed by atoms with E-state index in [0.29, 0.717) is 18.8 Å². The molecule has 2 heterocycles. The molecule has 1 aromatic heterocycles. The highest BCUT2D eigenvalue weighted by atomic mass is 79.9. The predicted octanol–water partition coefficient (Wildman–Crippen LogP) is 1.75. The Bertz CT molecular complexity index is 585. The first-order chi connectivity index (χ1) is 11.9. The highest BCUT2D eigenvalue weighted by molar-refractivity contribution is 9.10. The third-order valence-electron chi connectivity index (χ3n) is 3.17. The summed E-state index contributed by atoms with van der Waals surface area (Å²) in [6.45, 7) is 6.86. The van der Waals surface area contributed by atoms with Gasteiger partial charge in [0.15, 0.2) is 5.75 Å².